The van der Waals surface area contributed by atoms with Gasteiger partial charge in [0.15, 0.2) is 0 Å². The maximum atomic E-state index is 11.7. The van der Waals surface area contributed by atoms with Gasteiger partial charge in [0.05, 0.1) is 13.0 Å². The zero-order valence-electron chi connectivity index (χ0n) is 11.2. The van der Waals surface area contributed by atoms with E-state index < -0.39 is 11.2 Å². The number of hydrogen-bond donors (Lipinski definition) is 4. The molecule has 0 saturated carbocycles. The Morgan fingerprint density at radius 1 is 1.10 bits per heavy atom. The molecule has 4 N–H and O–H groups in total. The van der Waals surface area contributed by atoms with Crippen LogP contribution in [-0.2, 0) is 24.4 Å². The third kappa shape index (κ3) is 4.43. The van der Waals surface area contributed by atoms with Gasteiger partial charge in [0.1, 0.15) is 0 Å². The molecule has 1 amide bonds. The van der Waals surface area contributed by atoms with E-state index in [-0.39, 0.29) is 24.6 Å². The first-order chi connectivity index (χ1) is 10.1. The van der Waals surface area contributed by atoms with Crippen molar-refractivity contribution in [1.29, 1.82) is 0 Å². The van der Waals surface area contributed by atoms with Gasteiger partial charge in [-0.1, -0.05) is 24.3 Å². The Bertz CT molecular complexity index is 703. The maximum absolute atomic E-state index is 11.7. The third-order valence-corrected chi connectivity index (χ3v) is 2.86. The van der Waals surface area contributed by atoms with Gasteiger partial charge in [0.25, 0.3) is 5.56 Å². The van der Waals surface area contributed by atoms with Crippen LogP contribution in [0.5, 0.6) is 0 Å². The van der Waals surface area contributed by atoms with E-state index in [2.05, 4.69) is 10.3 Å². The molecule has 0 atom stereocenters. The second kappa shape index (κ2) is 6.67. The van der Waals surface area contributed by atoms with Crippen molar-refractivity contribution in [3.63, 3.8) is 0 Å². The average Bonchev–Trinajstić information content (AvgIpc) is 2.44. The molecule has 0 unspecified atom stereocenters. The summed E-state index contributed by atoms with van der Waals surface area (Å²) in [7, 11) is 0. The van der Waals surface area contributed by atoms with Crippen LogP contribution < -0.4 is 16.6 Å². The summed E-state index contributed by atoms with van der Waals surface area (Å²) >= 11 is 0. The molecular weight excluding hydrogens is 274 g/mol. The minimum absolute atomic E-state index is 0.0252. The molecule has 7 heteroatoms. The fourth-order valence-corrected chi connectivity index (χ4v) is 1.81. The number of aromatic amines is 2. The molecule has 0 bridgehead atoms. The van der Waals surface area contributed by atoms with Crippen LogP contribution in [0.2, 0.25) is 0 Å². The summed E-state index contributed by atoms with van der Waals surface area (Å²) in [4.78, 5) is 38.3. The van der Waals surface area contributed by atoms with Gasteiger partial charge in [-0.25, -0.2) is 4.79 Å². The summed E-state index contributed by atoms with van der Waals surface area (Å²) in [6, 6.07) is 8.34. The molecule has 2 aromatic rings. The molecule has 0 radical (unpaired) electrons. The summed E-state index contributed by atoms with van der Waals surface area (Å²) in [6.07, 6.45) is -0.0755. The number of carbonyl (C=O) groups excluding carboxylic acids is 1. The van der Waals surface area contributed by atoms with E-state index in [1.807, 2.05) is 4.98 Å². The summed E-state index contributed by atoms with van der Waals surface area (Å²) in [5, 5.41) is 11.6. The van der Waals surface area contributed by atoms with Gasteiger partial charge < -0.3 is 15.4 Å². The predicted octanol–water partition coefficient (Wildman–Crippen LogP) is -0.586. The van der Waals surface area contributed by atoms with E-state index in [4.69, 9.17) is 5.11 Å². The van der Waals surface area contributed by atoms with Gasteiger partial charge in [0, 0.05) is 18.3 Å². The number of benzene rings is 1. The van der Waals surface area contributed by atoms with Crippen LogP contribution in [0.25, 0.3) is 0 Å². The first-order valence-electron chi connectivity index (χ1n) is 6.35. The highest BCUT2D eigenvalue weighted by atomic mass is 16.3. The zero-order chi connectivity index (χ0) is 15.2. The van der Waals surface area contributed by atoms with E-state index in [9.17, 15) is 14.4 Å². The van der Waals surface area contributed by atoms with Crippen molar-refractivity contribution in [3.05, 3.63) is 68.0 Å². The van der Waals surface area contributed by atoms with Crippen molar-refractivity contribution in [2.75, 3.05) is 0 Å². The minimum atomic E-state index is -0.634. The van der Waals surface area contributed by atoms with Crippen molar-refractivity contribution in [2.45, 2.75) is 19.6 Å². The number of carbonyl (C=O) groups is 1. The molecule has 1 aromatic carbocycles. The molecule has 1 aromatic heterocycles. The van der Waals surface area contributed by atoms with Gasteiger partial charge in [-0.3, -0.25) is 14.6 Å². The fraction of sp³-hybridized carbons (Fsp3) is 0.214. The highest BCUT2D eigenvalue weighted by molar-refractivity contribution is 5.78. The molecule has 21 heavy (non-hydrogen) atoms. The molecule has 7 nitrogen and oxygen atoms in total. The van der Waals surface area contributed by atoms with Crippen LogP contribution >= 0.6 is 0 Å². The monoisotopic (exact) mass is 289 g/mol. The van der Waals surface area contributed by atoms with Crippen molar-refractivity contribution in [1.82, 2.24) is 15.3 Å². The highest BCUT2D eigenvalue weighted by Crippen LogP contribution is 2.04. The lowest BCUT2D eigenvalue weighted by molar-refractivity contribution is -0.120. The number of H-pyrrole nitrogens is 2. The Kier molecular flexibility index (Phi) is 4.68. The number of nitrogens with one attached hydrogen (secondary N) is 3. The summed E-state index contributed by atoms with van der Waals surface area (Å²) in [6.45, 7) is 0.306. The number of rotatable bonds is 5. The van der Waals surface area contributed by atoms with Gasteiger partial charge >= 0.3 is 5.69 Å². The highest BCUT2D eigenvalue weighted by Gasteiger charge is 2.05. The maximum Gasteiger partial charge on any atom is 0.325 e. The van der Waals surface area contributed by atoms with Crippen LogP contribution in [0.3, 0.4) is 0 Å². The van der Waals surface area contributed by atoms with Gasteiger partial charge in [-0.2, -0.15) is 0 Å². The lowest BCUT2D eigenvalue weighted by Gasteiger charge is -2.06. The SMILES string of the molecule is O=C(Cc1cc(=O)[nH]c(=O)[nH]1)NCc1ccc(CO)cc1. The van der Waals surface area contributed by atoms with E-state index in [1.165, 1.54) is 6.07 Å². The molecule has 0 spiro atoms. The van der Waals surface area contributed by atoms with Crippen LogP contribution in [0.15, 0.2) is 39.9 Å². The summed E-state index contributed by atoms with van der Waals surface area (Å²) in [5.74, 6) is -0.303. The summed E-state index contributed by atoms with van der Waals surface area (Å²) in [5.41, 5.74) is 0.772. The van der Waals surface area contributed by atoms with Crippen LogP contribution in [0.4, 0.5) is 0 Å². The Morgan fingerprint density at radius 2 is 1.76 bits per heavy atom. The van der Waals surface area contributed by atoms with E-state index in [1.54, 1.807) is 24.3 Å². The number of aliphatic hydroxyl groups excluding tert-OH is 1. The van der Waals surface area contributed by atoms with Crippen LogP contribution in [0, 0.1) is 0 Å². The standard InChI is InChI=1S/C14H15N3O4/c18-8-10-3-1-9(2-4-10)7-15-12(19)5-11-6-13(20)17-14(21)16-11/h1-4,6,18H,5,7-8H2,(H,15,19)(H2,16,17,20,21). The molecule has 0 aliphatic heterocycles. The summed E-state index contributed by atoms with van der Waals surface area (Å²) < 4.78 is 0. The molecular formula is C14H15N3O4. The lowest BCUT2D eigenvalue weighted by atomic mass is 10.1. The Labute approximate surface area is 119 Å². The minimum Gasteiger partial charge on any atom is -0.392 e. The number of aromatic nitrogens is 2. The van der Waals surface area contributed by atoms with Crippen LogP contribution in [-0.4, -0.2) is 21.0 Å². The van der Waals surface area contributed by atoms with E-state index >= 15 is 0 Å². The van der Waals surface area contributed by atoms with Crippen molar-refractivity contribution in [3.8, 4) is 0 Å². The predicted molar refractivity (Wildman–Crippen MR) is 75.6 cm³/mol. The molecule has 110 valence electrons. The Morgan fingerprint density at radius 3 is 2.38 bits per heavy atom. The second-order valence-electron chi connectivity index (χ2n) is 4.54. The smallest absolute Gasteiger partial charge is 0.325 e. The fourth-order valence-electron chi connectivity index (χ4n) is 1.81. The second-order valence-corrected chi connectivity index (χ2v) is 4.54. The third-order valence-electron chi connectivity index (χ3n) is 2.86. The van der Waals surface area contributed by atoms with E-state index in [0.29, 0.717) is 6.54 Å². The van der Waals surface area contributed by atoms with Gasteiger partial charge in [-0.15, -0.1) is 0 Å². The Balaban J connectivity index is 1.92. The first-order valence-corrected chi connectivity index (χ1v) is 6.35. The molecule has 0 aliphatic carbocycles. The zero-order valence-corrected chi connectivity index (χ0v) is 11.2. The number of amides is 1. The lowest BCUT2D eigenvalue weighted by Crippen LogP contribution is -2.28. The van der Waals surface area contributed by atoms with Gasteiger partial charge in [0.2, 0.25) is 5.91 Å². The molecule has 2 rings (SSSR count). The molecule has 0 fully saturated rings. The van der Waals surface area contributed by atoms with Crippen molar-refractivity contribution in [2.24, 2.45) is 0 Å². The average molecular weight is 289 g/mol. The number of aliphatic hydroxyl groups is 1. The first kappa shape index (κ1) is 14.7. The van der Waals surface area contributed by atoms with Crippen LogP contribution in [0.1, 0.15) is 16.8 Å². The number of hydrogen-bond acceptors (Lipinski definition) is 4. The normalized spacial score (nSPS) is 10.3. The molecule has 0 aliphatic rings. The van der Waals surface area contributed by atoms with Crippen molar-refractivity contribution < 1.29 is 9.90 Å². The quantitative estimate of drug-likeness (QED) is 0.589. The van der Waals surface area contributed by atoms with Crippen molar-refractivity contribution >= 4 is 5.91 Å². The molecule has 1 heterocycles. The Hall–Kier alpha value is -2.67. The largest absolute Gasteiger partial charge is 0.392 e. The van der Waals surface area contributed by atoms with Gasteiger partial charge in [-0.05, 0) is 11.1 Å². The molecule has 0 saturated heterocycles. The van der Waals surface area contributed by atoms with E-state index in [0.717, 1.165) is 11.1 Å². The topological polar surface area (TPSA) is 115 Å².